The van der Waals surface area contributed by atoms with Crippen LogP contribution in [0.25, 0.3) is 0 Å². The number of hydrogen-bond donors (Lipinski definition) is 0. The minimum atomic E-state index is -2.53. The minimum absolute atomic E-state index is 0.205. The summed E-state index contributed by atoms with van der Waals surface area (Å²) in [5, 5.41) is 4.75. The molecule has 1 heterocycles. The first kappa shape index (κ1) is 21.3. The first-order chi connectivity index (χ1) is 15.2. The Morgan fingerprint density at radius 2 is 1.26 bits per heavy atom. The molecule has 0 bridgehead atoms. The second-order valence-electron chi connectivity index (χ2n) is 7.01. The fraction of sp³-hybridized carbons (Fsp3) is 0.0769. The first-order valence-electron chi connectivity index (χ1n) is 10.0. The van der Waals surface area contributed by atoms with Crippen LogP contribution in [0.1, 0.15) is 6.92 Å². The van der Waals surface area contributed by atoms with Gasteiger partial charge in [-0.05, 0) is 29.7 Å². The van der Waals surface area contributed by atoms with Gasteiger partial charge in [0.15, 0.2) is 0 Å². The van der Waals surface area contributed by atoms with Gasteiger partial charge in [-0.15, -0.1) is 18.3 Å². The summed E-state index contributed by atoms with van der Waals surface area (Å²) in [6.07, 6.45) is 1.84. The van der Waals surface area contributed by atoms with Crippen LogP contribution in [0.4, 0.5) is 0 Å². The number of benzene rings is 3. The van der Waals surface area contributed by atoms with E-state index in [1.54, 1.807) is 18.7 Å². The molecule has 4 rings (SSSR count). The number of amides is 1. The third-order valence-electron chi connectivity index (χ3n) is 5.04. The average molecular weight is 443 g/mol. The Kier molecular flexibility index (Phi) is 6.50. The molecule has 1 aliphatic heterocycles. The van der Waals surface area contributed by atoms with Crippen molar-refractivity contribution >= 4 is 56.6 Å². The highest BCUT2D eigenvalue weighted by Gasteiger charge is 2.37. The van der Waals surface area contributed by atoms with Crippen LogP contribution in [-0.4, -0.2) is 27.8 Å². The van der Waals surface area contributed by atoms with Gasteiger partial charge in [-0.2, -0.15) is 4.99 Å². The summed E-state index contributed by atoms with van der Waals surface area (Å²) in [7, 11) is 0. The second-order valence-corrected chi connectivity index (χ2v) is 11.4. The number of aliphatic imine (C=N–C) groups is 2. The number of carbonyl (C=O) groups excluding carboxylic acids is 1. The van der Waals surface area contributed by atoms with E-state index in [0.29, 0.717) is 16.9 Å². The molecule has 1 amide bonds. The van der Waals surface area contributed by atoms with Crippen molar-refractivity contribution in [2.45, 2.75) is 6.92 Å². The monoisotopic (exact) mass is 442 g/mol. The van der Waals surface area contributed by atoms with Crippen molar-refractivity contribution < 1.29 is 4.79 Å². The van der Waals surface area contributed by atoms with E-state index in [9.17, 15) is 4.79 Å². The molecule has 3 aromatic carbocycles. The van der Waals surface area contributed by atoms with Crippen molar-refractivity contribution in [2.75, 3.05) is 5.75 Å². The lowest BCUT2D eigenvalue weighted by Gasteiger charge is -2.32. The number of amidine groups is 1. The Labute approximate surface area is 187 Å². The van der Waals surface area contributed by atoms with Gasteiger partial charge in [0.25, 0.3) is 5.91 Å². The van der Waals surface area contributed by atoms with Gasteiger partial charge in [0.2, 0.25) is 0 Å². The van der Waals surface area contributed by atoms with Gasteiger partial charge >= 0.3 is 0 Å². The fourth-order valence-electron chi connectivity index (χ4n) is 3.83. The van der Waals surface area contributed by atoms with Crippen LogP contribution in [0, 0.1) is 0 Å². The van der Waals surface area contributed by atoms with E-state index in [1.165, 1.54) is 0 Å². The van der Waals surface area contributed by atoms with Gasteiger partial charge < -0.3 is 0 Å². The Balaban J connectivity index is 2.23. The van der Waals surface area contributed by atoms with Crippen LogP contribution < -0.4 is 15.9 Å². The van der Waals surface area contributed by atoms with Crippen molar-refractivity contribution in [3.8, 4) is 0 Å². The van der Waals surface area contributed by atoms with Gasteiger partial charge in [0.1, 0.15) is 10.9 Å². The van der Waals surface area contributed by atoms with Crippen LogP contribution in [0.2, 0.25) is 0 Å². The van der Waals surface area contributed by atoms with E-state index in [1.807, 2.05) is 60.7 Å². The summed E-state index contributed by atoms with van der Waals surface area (Å²) in [5.74, 6) is 0.956. The third-order valence-corrected chi connectivity index (χ3v) is 10.5. The molecule has 0 atom stereocenters. The lowest BCUT2D eigenvalue weighted by atomic mass is 10.3. The number of carbonyl (C=O) groups is 1. The Morgan fingerprint density at radius 1 is 0.806 bits per heavy atom. The SMILES string of the molecule is C=CCSC1=NC(C)=NC(=O)C1=P(c1ccccc1)(c1ccccc1)c1ccccc1. The maximum absolute atomic E-state index is 13.6. The molecule has 0 saturated carbocycles. The van der Waals surface area contributed by atoms with Gasteiger partial charge in [0.05, 0.1) is 5.29 Å². The Morgan fingerprint density at radius 3 is 1.68 bits per heavy atom. The molecule has 0 radical (unpaired) electrons. The van der Waals surface area contributed by atoms with E-state index in [2.05, 4.69) is 48.0 Å². The topological polar surface area (TPSA) is 41.8 Å². The lowest BCUT2D eigenvalue weighted by Crippen LogP contribution is -2.38. The molecule has 0 saturated heterocycles. The number of hydrogen-bond acceptors (Lipinski definition) is 3. The van der Waals surface area contributed by atoms with Gasteiger partial charge in [0, 0.05) is 5.75 Å². The molecule has 154 valence electrons. The zero-order valence-electron chi connectivity index (χ0n) is 17.3. The largest absolute Gasteiger partial charge is 0.282 e. The molecule has 0 aromatic heterocycles. The maximum Gasteiger partial charge on any atom is 0.282 e. The summed E-state index contributed by atoms with van der Waals surface area (Å²) in [6.45, 7) is 3.09. The number of thioether (sulfide) groups is 1. The van der Waals surface area contributed by atoms with Crippen LogP contribution in [-0.2, 0) is 4.79 Å². The maximum atomic E-state index is 13.6. The highest BCUT2D eigenvalue weighted by atomic mass is 32.2. The van der Waals surface area contributed by atoms with Gasteiger partial charge in [-0.25, -0.2) is 4.99 Å². The molecule has 31 heavy (non-hydrogen) atoms. The van der Waals surface area contributed by atoms with E-state index in [-0.39, 0.29) is 5.91 Å². The van der Waals surface area contributed by atoms with Crippen LogP contribution in [0.15, 0.2) is 114 Å². The smallest absolute Gasteiger partial charge is 0.267 e. The lowest BCUT2D eigenvalue weighted by molar-refractivity contribution is -0.111. The van der Waals surface area contributed by atoms with Crippen molar-refractivity contribution in [1.82, 2.24) is 0 Å². The van der Waals surface area contributed by atoms with Crippen LogP contribution in [0.5, 0.6) is 0 Å². The molecule has 0 N–H and O–H groups in total. The molecule has 0 aliphatic carbocycles. The molecule has 5 heteroatoms. The molecule has 0 unspecified atom stereocenters. The second kappa shape index (κ2) is 9.47. The van der Waals surface area contributed by atoms with E-state index >= 15 is 0 Å². The summed E-state index contributed by atoms with van der Waals surface area (Å²) in [5.41, 5.74) is 0. The normalized spacial score (nSPS) is 14.1. The third kappa shape index (κ3) is 4.01. The quantitative estimate of drug-likeness (QED) is 0.433. The summed E-state index contributed by atoms with van der Waals surface area (Å²) >= 11 is 1.54. The van der Waals surface area contributed by atoms with E-state index < -0.39 is 6.89 Å². The number of rotatable bonds is 5. The molecule has 0 fully saturated rings. The summed E-state index contributed by atoms with van der Waals surface area (Å²) < 4.78 is 0. The summed E-state index contributed by atoms with van der Waals surface area (Å²) in [4.78, 5) is 22.7. The molecule has 1 aliphatic rings. The van der Waals surface area contributed by atoms with E-state index in [4.69, 9.17) is 4.99 Å². The predicted molar refractivity (Wildman–Crippen MR) is 138 cm³/mol. The average Bonchev–Trinajstić information content (AvgIpc) is 2.81. The highest BCUT2D eigenvalue weighted by molar-refractivity contribution is 8.18. The molecule has 3 aromatic rings. The molecular formula is C26H23N2OPS. The van der Waals surface area contributed by atoms with Crippen molar-refractivity contribution in [3.05, 3.63) is 104 Å². The predicted octanol–water partition coefficient (Wildman–Crippen LogP) is 4.43. The minimum Gasteiger partial charge on any atom is -0.267 e. The molecule has 3 nitrogen and oxygen atoms in total. The van der Waals surface area contributed by atoms with E-state index in [0.717, 1.165) is 21.0 Å². The van der Waals surface area contributed by atoms with Crippen LogP contribution >= 0.6 is 18.6 Å². The van der Waals surface area contributed by atoms with Crippen molar-refractivity contribution in [2.24, 2.45) is 9.98 Å². The van der Waals surface area contributed by atoms with Crippen molar-refractivity contribution in [1.29, 1.82) is 0 Å². The zero-order valence-corrected chi connectivity index (χ0v) is 19.0. The number of nitrogens with zero attached hydrogens (tertiary/aromatic N) is 2. The standard InChI is InChI=1S/C26H23N2OPS/c1-3-19-31-26-24(25(29)27-20(2)28-26)30(21-13-7-4-8-14-21,22-15-9-5-10-16-22)23-17-11-6-12-18-23/h3-18H,1,19H2,2H3. The van der Waals surface area contributed by atoms with Gasteiger partial charge in [-0.1, -0.05) is 97.1 Å². The molecule has 0 spiro atoms. The molecular weight excluding hydrogens is 419 g/mol. The Bertz CT molecular complexity index is 1110. The Hall–Kier alpha value is -2.94. The highest BCUT2D eigenvalue weighted by Crippen LogP contribution is 2.47. The van der Waals surface area contributed by atoms with Crippen molar-refractivity contribution in [3.63, 3.8) is 0 Å². The zero-order chi connectivity index (χ0) is 21.7. The van der Waals surface area contributed by atoms with Crippen LogP contribution in [0.3, 0.4) is 0 Å². The first-order valence-corrected chi connectivity index (χ1v) is 12.8. The van der Waals surface area contributed by atoms with Gasteiger partial charge in [-0.3, -0.25) is 4.79 Å². The summed E-state index contributed by atoms with van der Waals surface area (Å²) in [6, 6.07) is 30.9. The fourth-order valence-corrected chi connectivity index (χ4v) is 9.33.